The van der Waals surface area contributed by atoms with Crippen LogP contribution in [0.4, 0.5) is 0 Å². The average molecular weight is 275 g/mol. The van der Waals surface area contributed by atoms with E-state index < -0.39 is 0 Å². The second-order valence-corrected chi connectivity index (χ2v) is 4.77. The van der Waals surface area contributed by atoms with Crippen molar-refractivity contribution in [3.63, 3.8) is 0 Å². The van der Waals surface area contributed by atoms with Crippen molar-refractivity contribution >= 4 is 0 Å². The Morgan fingerprint density at radius 1 is 0.895 bits per heavy atom. The molecule has 0 aromatic heterocycles. The Balaban J connectivity index is 3.16. The van der Waals surface area contributed by atoms with E-state index in [9.17, 15) is 0 Å². The molecule has 4 nitrogen and oxygen atoms in total. The van der Waals surface area contributed by atoms with Gasteiger partial charge in [-0.05, 0) is 38.6 Å². The van der Waals surface area contributed by atoms with Crippen LogP contribution in [0.15, 0.2) is 0 Å². The molecule has 0 aromatic rings. The molecule has 116 valence electrons. The van der Waals surface area contributed by atoms with Gasteiger partial charge < -0.3 is 19.5 Å². The largest absolute Gasteiger partial charge is 0.382 e. The molecule has 0 fully saturated rings. The van der Waals surface area contributed by atoms with Crippen LogP contribution in [0.3, 0.4) is 0 Å². The van der Waals surface area contributed by atoms with Crippen LogP contribution in [0.1, 0.15) is 46.0 Å². The van der Waals surface area contributed by atoms with Gasteiger partial charge in [0.05, 0.1) is 13.2 Å². The van der Waals surface area contributed by atoms with Crippen molar-refractivity contribution in [3.05, 3.63) is 0 Å². The Morgan fingerprint density at radius 2 is 1.58 bits per heavy atom. The summed E-state index contributed by atoms with van der Waals surface area (Å²) >= 11 is 0. The van der Waals surface area contributed by atoms with Crippen LogP contribution in [0.2, 0.25) is 0 Å². The average Bonchev–Trinajstić information content (AvgIpc) is 2.44. The summed E-state index contributed by atoms with van der Waals surface area (Å²) in [6, 6.07) is 0.654. The second kappa shape index (κ2) is 15.9. The number of methoxy groups -OCH3 is 1. The minimum Gasteiger partial charge on any atom is -0.382 e. The van der Waals surface area contributed by atoms with Crippen molar-refractivity contribution in [3.8, 4) is 0 Å². The molecule has 19 heavy (non-hydrogen) atoms. The van der Waals surface area contributed by atoms with E-state index in [4.69, 9.17) is 14.2 Å². The summed E-state index contributed by atoms with van der Waals surface area (Å²) in [5.41, 5.74) is 0. The molecular weight excluding hydrogens is 242 g/mol. The molecule has 0 bridgehead atoms. The number of hydrogen-bond donors (Lipinski definition) is 1. The standard InChI is InChI=1S/C15H33NO3/c1-4-9-16-15(5-2)8-6-10-18-11-7-12-19-14-13-17-3/h15-16H,4-14H2,1-3H3. The molecule has 0 spiro atoms. The molecular formula is C15H33NO3. The Kier molecular flexibility index (Phi) is 15.8. The number of nitrogens with one attached hydrogen (secondary N) is 1. The molecule has 0 radical (unpaired) electrons. The first-order valence-corrected chi connectivity index (χ1v) is 7.72. The van der Waals surface area contributed by atoms with Crippen LogP contribution in [0.25, 0.3) is 0 Å². The molecule has 1 N–H and O–H groups in total. The fraction of sp³-hybridized carbons (Fsp3) is 1.00. The van der Waals surface area contributed by atoms with Crippen molar-refractivity contribution < 1.29 is 14.2 Å². The summed E-state index contributed by atoms with van der Waals surface area (Å²) in [5, 5.41) is 3.56. The van der Waals surface area contributed by atoms with Crippen LogP contribution >= 0.6 is 0 Å². The molecule has 4 heteroatoms. The summed E-state index contributed by atoms with van der Waals surface area (Å²) in [6.45, 7) is 9.34. The zero-order valence-electron chi connectivity index (χ0n) is 13.1. The molecule has 0 saturated carbocycles. The molecule has 0 aliphatic heterocycles. The Labute approximate surface area is 119 Å². The SMILES string of the molecule is CCCNC(CC)CCCOCCCOCCOC. The lowest BCUT2D eigenvalue weighted by Crippen LogP contribution is -2.29. The van der Waals surface area contributed by atoms with Crippen molar-refractivity contribution in [2.75, 3.05) is 46.7 Å². The third-order valence-electron chi connectivity index (χ3n) is 3.03. The maximum Gasteiger partial charge on any atom is 0.0700 e. The monoisotopic (exact) mass is 275 g/mol. The maximum absolute atomic E-state index is 5.60. The van der Waals surface area contributed by atoms with E-state index in [-0.39, 0.29) is 0 Å². The lowest BCUT2D eigenvalue weighted by atomic mass is 10.1. The minimum atomic E-state index is 0.654. The van der Waals surface area contributed by atoms with Gasteiger partial charge in [-0.1, -0.05) is 13.8 Å². The second-order valence-electron chi connectivity index (χ2n) is 4.77. The number of rotatable bonds is 15. The highest BCUT2D eigenvalue weighted by molar-refractivity contribution is 4.63. The van der Waals surface area contributed by atoms with Crippen LogP contribution in [0.5, 0.6) is 0 Å². The van der Waals surface area contributed by atoms with Gasteiger partial charge in [0, 0.05) is 33.0 Å². The van der Waals surface area contributed by atoms with E-state index >= 15 is 0 Å². The fourth-order valence-corrected chi connectivity index (χ4v) is 1.84. The van der Waals surface area contributed by atoms with Crippen LogP contribution in [-0.4, -0.2) is 52.7 Å². The lowest BCUT2D eigenvalue weighted by molar-refractivity contribution is 0.0506. The summed E-state index contributed by atoms with van der Waals surface area (Å²) in [5.74, 6) is 0. The van der Waals surface area contributed by atoms with Crippen molar-refractivity contribution in [1.82, 2.24) is 5.32 Å². The molecule has 0 heterocycles. The van der Waals surface area contributed by atoms with Gasteiger partial charge in [-0.2, -0.15) is 0 Å². The maximum atomic E-state index is 5.60. The third-order valence-corrected chi connectivity index (χ3v) is 3.03. The number of ether oxygens (including phenoxy) is 3. The van der Waals surface area contributed by atoms with E-state index in [1.807, 2.05) is 0 Å². The van der Waals surface area contributed by atoms with Crippen LogP contribution in [0, 0.1) is 0 Å². The first-order chi connectivity index (χ1) is 9.35. The minimum absolute atomic E-state index is 0.654. The molecule has 0 aromatic carbocycles. The van der Waals surface area contributed by atoms with Gasteiger partial charge in [-0.25, -0.2) is 0 Å². The van der Waals surface area contributed by atoms with Gasteiger partial charge in [-0.3, -0.25) is 0 Å². The van der Waals surface area contributed by atoms with Crippen LogP contribution in [-0.2, 0) is 14.2 Å². The van der Waals surface area contributed by atoms with Gasteiger partial charge in [0.1, 0.15) is 0 Å². The normalized spacial score (nSPS) is 12.8. The zero-order valence-corrected chi connectivity index (χ0v) is 13.1. The quantitative estimate of drug-likeness (QED) is 0.466. The summed E-state index contributed by atoms with van der Waals surface area (Å²) < 4.78 is 15.9. The van der Waals surface area contributed by atoms with E-state index in [1.54, 1.807) is 7.11 Å². The van der Waals surface area contributed by atoms with E-state index in [0.717, 1.165) is 39.2 Å². The molecule has 1 atom stereocenters. The highest BCUT2D eigenvalue weighted by Gasteiger charge is 2.03. The predicted octanol–water partition coefficient (Wildman–Crippen LogP) is 2.61. The first-order valence-electron chi connectivity index (χ1n) is 7.72. The van der Waals surface area contributed by atoms with Crippen molar-refractivity contribution in [2.45, 2.75) is 52.0 Å². The zero-order chi connectivity index (χ0) is 14.2. The fourth-order valence-electron chi connectivity index (χ4n) is 1.84. The molecule has 1 unspecified atom stereocenters. The van der Waals surface area contributed by atoms with Crippen LogP contribution < -0.4 is 5.32 Å². The van der Waals surface area contributed by atoms with Gasteiger partial charge in [-0.15, -0.1) is 0 Å². The van der Waals surface area contributed by atoms with E-state index in [1.165, 1.54) is 19.3 Å². The highest BCUT2D eigenvalue weighted by Crippen LogP contribution is 2.02. The first kappa shape index (κ1) is 18.8. The summed E-state index contributed by atoms with van der Waals surface area (Å²) in [7, 11) is 1.69. The molecule has 0 saturated heterocycles. The Morgan fingerprint density at radius 3 is 2.21 bits per heavy atom. The molecule has 0 aliphatic carbocycles. The Hall–Kier alpha value is -0.160. The highest BCUT2D eigenvalue weighted by atomic mass is 16.5. The van der Waals surface area contributed by atoms with Gasteiger partial charge in [0.15, 0.2) is 0 Å². The molecule has 0 amide bonds. The van der Waals surface area contributed by atoms with Gasteiger partial charge in [0.25, 0.3) is 0 Å². The summed E-state index contributed by atoms with van der Waals surface area (Å²) in [4.78, 5) is 0. The topological polar surface area (TPSA) is 39.7 Å². The lowest BCUT2D eigenvalue weighted by Gasteiger charge is -2.16. The van der Waals surface area contributed by atoms with E-state index in [2.05, 4.69) is 19.2 Å². The molecule has 0 aliphatic rings. The van der Waals surface area contributed by atoms with Crippen molar-refractivity contribution in [1.29, 1.82) is 0 Å². The summed E-state index contributed by atoms with van der Waals surface area (Å²) in [6.07, 6.45) is 5.72. The van der Waals surface area contributed by atoms with Crippen molar-refractivity contribution in [2.24, 2.45) is 0 Å². The molecule has 0 rings (SSSR count). The van der Waals surface area contributed by atoms with E-state index in [0.29, 0.717) is 19.3 Å². The number of hydrogen-bond acceptors (Lipinski definition) is 4. The smallest absolute Gasteiger partial charge is 0.0700 e. The van der Waals surface area contributed by atoms with Gasteiger partial charge in [0.2, 0.25) is 0 Å². The Bertz CT molecular complexity index is 167. The predicted molar refractivity (Wildman–Crippen MR) is 79.7 cm³/mol. The third kappa shape index (κ3) is 14.1. The van der Waals surface area contributed by atoms with Gasteiger partial charge >= 0.3 is 0 Å².